The third-order valence-corrected chi connectivity index (χ3v) is 4.58. The van der Waals surface area contributed by atoms with E-state index in [0.717, 1.165) is 6.07 Å². The number of primary amides is 1. The first-order valence-corrected chi connectivity index (χ1v) is 8.77. The Bertz CT molecular complexity index is 939. The van der Waals surface area contributed by atoms with Crippen LogP contribution in [0.25, 0.3) is 0 Å². The lowest BCUT2D eigenvalue weighted by molar-refractivity contribution is -0.138. The van der Waals surface area contributed by atoms with E-state index in [1.165, 1.54) is 24.4 Å². The number of nitrogens with two attached hydrogens (primary N) is 1. The lowest BCUT2D eigenvalue weighted by atomic mass is 9.74. The molecule has 2 heterocycles. The summed E-state index contributed by atoms with van der Waals surface area (Å²) in [6.45, 7) is 5.15. The van der Waals surface area contributed by atoms with E-state index in [0.29, 0.717) is 17.0 Å². The second-order valence-electron chi connectivity index (χ2n) is 6.91. The molecule has 148 valence electrons. The van der Waals surface area contributed by atoms with Gasteiger partial charge in [-0.1, -0.05) is 18.2 Å². The van der Waals surface area contributed by atoms with Gasteiger partial charge in [0.2, 0.25) is 11.8 Å². The van der Waals surface area contributed by atoms with Gasteiger partial charge in [-0.05, 0) is 38.5 Å². The van der Waals surface area contributed by atoms with Gasteiger partial charge < -0.3 is 10.5 Å². The summed E-state index contributed by atoms with van der Waals surface area (Å²) in [6.07, 6.45) is -3.38. The molecule has 2 N–H and O–H groups in total. The van der Waals surface area contributed by atoms with Crippen molar-refractivity contribution in [2.45, 2.75) is 39.0 Å². The van der Waals surface area contributed by atoms with Crippen LogP contribution in [0.1, 0.15) is 43.4 Å². The number of aliphatic imine (C=N–C) groups is 1. The first-order chi connectivity index (χ1) is 13.1. The van der Waals surface area contributed by atoms with E-state index < -0.39 is 29.5 Å². The van der Waals surface area contributed by atoms with E-state index in [9.17, 15) is 18.0 Å². The number of hydrogen-bond acceptors (Lipinski definition) is 4. The third kappa shape index (κ3) is 3.58. The van der Waals surface area contributed by atoms with Crippen molar-refractivity contribution in [3.63, 3.8) is 0 Å². The van der Waals surface area contributed by atoms with Crippen LogP contribution in [0.2, 0.25) is 0 Å². The summed E-state index contributed by atoms with van der Waals surface area (Å²) < 4.78 is 46.9. The monoisotopic (exact) mass is 391 g/mol. The van der Waals surface area contributed by atoms with Crippen molar-refractivity contribution >= 4 is 17.3 Å². The molecule has 0 bridgehead atoms. The van der Waals surface area contributed by atoms with Gasteiger partial charge in [-0.25, -0.2) is 4.98 Å². The number of hydrogen-bond donors (Lipinski definition) is 1. The van der Waals surface area contributed by atoms with Crippen LogP contribution in [-0.4, -0.2) is 22.7 Å². The molecule has 2 unspecified atom stereocenters. The predicted octanol–water partition coefficient (Wildman–Crippen LogP) is 4.23. The Kier molecular flexibility index (Phi) is 5.14. The molecule has 8 heteroatoms. The molecule has 0 radical (unpaired) electrons. The van der Waals surface area contributed by atoms with Gasteiger partial charge in [0, 0.05) is 23.4 Å². The number of alkyl halides is 3. The van der Waals surface area contributed by atoms with Gasteiger partial charge in [0.25, 0.3) is 0 Å². The highest BCUT2D eigenvalue weighted by atomic mass is 19.4. The first kappa shape index (κ1) is 19.9. The summed E-state index contributed by atoms with van der Waals surface area (Å²) >= 11 is 0. The van der Waals surface area contributed by atoms with Crippen molar-refractivity contribution in [1.29, 1.82) is 0 Å². The molecule has 1 aliphatic heterocycles. The fraction of sp³-hybridized carbons (Fsp3) is 0.350. The van der Waals surface area contributed by atoms with Crippen LogP contribution in [0.4, 0.5) is 18.9 Å². The van der Waals surface area contributed by atoms with E-state index >= 15 is 0 Å². The zero-order chi connectivity index (χ0) is 20.6. The SMILES string of the molecule is CC1=Nc2ccnc(OC(C)C)c2C(c2ccccc2C(F)(F)F)C1C(N)=O. The molecule has 1 aromatic carbocycles. The van der Waals surface area contributed by atoms with Crippen LogP contribution in [-0.2, 0) is 11.0 Å². The van der Waals surface area contributed by atoms with Crippen LogP contribution >= 0.6 is 0 Å². The highest BCUT2D eigenvalue weighted by Gasteiger charge is 2.43. The van der Waals surface area contributed by atoms with Crippen LogP contribution in [0.15, 0.2) is 41.5 Å². The number of carbonyl (C=O) groups is 1. The number of aromatic nitrogens is 1. The van der Waals surface area contributed by atoms with Gasteiger partial charge in [0.05, 0.1) is 23.3 Å². The van der Waals surface area contributed by atoms with Gasteiger partial charge in [0.15, 0.2) is 0 Å². The molecule has 2 aromatic rings. The third-order valence-electron chi connectivity index (χ3n) is 4.58. The van der Waals surface area contributed by atoms with Crippen LogP contribution in [0, 0.1) is 5.92 Å². The predicted molar refractivity (Wildman–Crippen MR) is 98.7 cm³/mol. The Hall–Kier alpha value is -2.90. The second kappa shape index (κ2) is 7.26. The molecule has 0 saturated heterocycles. The number of nitrogens with zero attached hydrogens (tertiary/aromatic N) is 2. The number of rotatable bonds is 4. The average molecular weight is 391 g/mol. The number of fused-ring (bicyclic) bond motifs is 1. The summed E-state index contributed by atoms with van der Waals surface area (Å²) in [5.41, 5.74) is 5.81. The second-order valence-corrected chi connectivity index (χ2v) is 6.91. The van der Waals surface area contributed by atoms with Gasteiger partial charge in [-0.3, -0.25) is 9.79 Å². The molecule has 0 aliphatic carbocycles. The molecule has 28 heavy (non-hydrogen) atoms. The van der Waals surface area contributed by atoms with Gasteiger partial charge in [-0.2, -0.15) is 13.2 Å². The molecule has 0 saturated carbocycles. The summed E-state index contributed by atoms with van der Waals surface area (Å²) in [5, 5.41) is 0. The van der Waals surface area contributed by atoms with Gasteiger partial charge >= 0.3 is 6.18 Å². The van der Waals surface area contributed by atoms with Crippen molar-refractivity contribution in [3.8, 4) is 5.88 Å². The summed E-state index contributed by atoms with van der Waals surface area (Å²) in [6, 6.07) is 6.76. The highest BCUT2D eigenvalue weighted by molar-refractivity contribution is 6.06. The van der Waals surface area contributed by atoms with Crippen molar-refractivity contribution in [1.82, 2.24) is 4.98 Å². The first-order valence-electron chi connectivity index (χ1n) is 8.77. The maximum absolute atomic E-state index is 13.7. The minimum atomic E-state index is -4.59. The quantitative estimate of drug-likeness (QED) is 0.847. The number of benzene rings is 1. The maximum atomic E-state index is 13.7. The molecular formula is C20H20F3N3O2. The normalized spacial score (nSPS) is 19.2. The van der Waals surface area contributed by atoms with Crippen molar-refractivity contribution in [2.24, 2.45) is 16.6 Å². The molecule has 1 amide bonds. The zero-order valence-corrected chi connectivity index (χ0v) is 15.6. The van der Waals surface area contributed by atoms with Crippen molar-refractivity contribution in [3.05, 3.63) is 53.2 Å². The number of ether oxygens (including phenoxy) is 1. The fourth-order valence-electron chi connectivity index (χ4n) is 3.55. The molecule has 1 aliphatic rings. The molecule has 0 fully saturated rings. The van der Waals surface area contributed by atoms with E-state index in [-0.39, 0.29) is 17.5 Å². The van der Waals surface area contributed by atoms with Gasteiger partial charge in [-0.15, -0.1) is 0 Å². The van der Waals surface area contributed by atoms with E-state index in [4.69, 9.17) is 10.5 Å². The minimum absolute atomic E-state index is 0.0593. The Balaban J connectivity index is 2.34. The number of halogens is 3. The van der Waals surface area contributed by atoms with Crippen LogP contribution in [0.3, 0.4) is 0 Å². The number of carbonyl (C=O) groups excluding carboxylic acids is 1. The zero-order valence-electron chi connectivity index (χ0n) is 15.6. The molecule has 0 spiro atoms. The van der Waals surface area contributed by atoms with Crippen molar-refractivity contribution < 1.29 is 22.7 Å². The van der Waals surface area contributed by atoms with E-state index in [1.807, 2.05) is 0 Å². The number of pyridine rings is 1. The molecular weight excluding hydrogens is 371 g/mol. The van der Waals surface area contributed by atoms with Crippen molar-refractivity contribution in [2.75, 3.05) is 0 Å². The Morgan fingerprint density at radius 1 is 1.21 bits per heavy atom. The molecule has 5 nitrogen and oxygen atoms in total. The maximum Gasteiger partial charge on any atom is 0.416 e. The average Bonchev–Trinajstić information content (AvgIpc) is 2.59. The summed E-state index contributed by atoms with van der Waals surface area (Å²) in [4.78, 5) is 20.8. The minimum Gasteiger partial charge on any atom is -0.475 e. The lowest BCUT2D eigenvalue weighted by Gasteiger charge is -2.33. The lowest BCUT2D eigenvalue weighted by Crippen LogP contribution is -2.37. The molecule has 2 atom stereocenters. The smallest absolute Gasteiger partial charge is 0.416 e. The molecule has 3 rings (SSSR count). The number of amides is 1. The summed E-state index contributed by atoms with van der Waals surface area (Å²) in [7, 11) is 0. The summed E-state index contributed by atoms with van der Waals surface area (Å²) in [5.74, 6) is -2.66. The Morgan fingerprint density at radius 3 is 2.50 bits per heavy atom. The van der Waals surface area contributed by atoms with Crippen LogP contribution in [0.5, 0.6) is 5.88 Å². The van der Waals surface area contributed by atoms with E-state index in [2.05, 4.69) is 9.98 Å². The highest BCUT2D eigenvalue weighted by Crippen LogP contribution is 2.49. The molecule has 1 aromatic heterocycles. The Morgan fingerprint density at radius 2 is 1.89 bits per heavy atom. The Labute approximate surface area is 160 Å². The van der Waals surface area contributed by atoms with Gasteiger partial charge in [0.1, 0.15) is 0 Å². The largest absolute Gasteiger partial charge is 0.475 e. The standard InChI is InChI=1S/C20H20F3N3O2/c1-10(2)28-19-17-14(8-9-25-19)26-11(3)15(18(24)27)16(17)12-6-4-5-7-13(12)20(21,22)23/h4-10,15-16H,1-3H3,(H2,24,27). The fourth-order valence-corrected chi connectivity index (χ4v) is 3.55. The topological polar surface area (TPSA) is 77.6 Å². The van der Waals surface area contributed by atoms with E-state index in [1.54, 1.807) is 26.8 Å². The van der Waals surface area contributed by atoms with Crippen LogP contribution < -0.4 is 10.5 Å².